The summed E-state index contributed by atoms with van der Waals surface area (Å²) >= 11 is 0. The van der Waals surface area contributed by atoms with E-state index in [0.717, 1.165) is 37.7 Å². The molecule has 0 saturated carbocycles. The first-order valence-corrected chi connectivity index (χ1v) is 12.2. The largest absolute Gasteiger partial charge is 0.378 e. The number of benzene rings is 1. The number of carbonyl (C=O) groups excluding carboxylic acids is 2. The molecule has 0 aliphatic carbocycles. The number of morpholine rings is 1. The molecule has 2 aliphatic heterocycles. The molecule has 0 atom stereocenters. The van der Waals surface area contributed by atoms with Gasteiger partial charge in [0, 0.05) is 51.2 Å². The number of hydrogen-bond acceptors (Lipinski definition) is 7. The van der Waals surface area contributed by atoms with Crippen molar-refractivity contribution in [1.29, 1.82) is 0 Å². The maximum atomic E-state index is 13.9. The van der Waals surface area contributed by atoms with Crippen LogP contribution in [0.3, 0.4) is 0 Å². The van der Waals surface area contributed by atoms with Crippen molar-refractivity contribution in [3.05, 3.63) is 48.1 Å². The second kappa shape index (κ2) is 11.3. The summed E-state index contributed by atoms with van der Waals surface area (Å²) in [4.78, 5) is 42.7. The number of primary amides is 1. The zero-order valence-corrected chi connectivity index (χ0v) is 20.5. The van der Waals surface area contributed by atoms with Gasteiger partial charge >= 0.3 is 0 Å². The molecule has 0 unspecified atom stereocenters. The Morgan fingerprint density at radius 1 is 1.19 bits per heavy atom. The minimum absolute atomic E-state index is 0.0572. The van der Waals surface area contributed by atoms with E-state index in [1.165, 1.54) is 12.1 Å². The fraction of sp³-hybridized carbons (Fsp3) is 0.440. The van der Waals surface area contributed by atoms with E-state index in [2.05, 4.69) is 38.3 Å². The van der Waals surface area contributed by atoms with E-state index in [0.29, 0.717) is 62.1 Å². The Hall–Kier alpha value is -3.73. The van der Waals surface area contributed by atoms with Gasteiger partial charge in [-0.1, -0.05) is 19.9 Å². The van der Waals surface area contributed by atoms with Crippen molar-refractivity contribution in [3.8, 4) is 0 Å². The van der Waals surface area contributed by atoms with Gasteiger partial charge in [-0.05, 0) is 24.6 Å². The molecule has 2 saturated heterocycles. The van der Waals surface area contributed by atoms with Crippen molar-refractivity contribution in [1.82, 2.24) is 19.8 Å². The van der Waals surface area contributed by atoms with Crippen LogP contribution in [0.4, 0.5) is 10.3 Å². The van der Waals surface area contributed by atoms with Gasteiger partial charge in [-0.3, -0.25) is 9.59 Å². The average molecular weight is 498 g/mol. The average Bonchev–Trinajstić information content (AvgIpc) is 3.32. The fourth-order valence-corrected chi connectivity index (χ4v) is 4.44. The monoisotopic (exact) mass is 497 g/mol. The van der Waals surface area contributed by atoms with Gasteiger partial charge in [0.25, 0.3) is 11.8 Å². The second-order valence-electron chi connectivity index (χ2n) is 8.74. The van der Waals surface area contributed by atoms with Crippen LogP contribution in [0.1, 0.15) is 30.1 Å². The Kier molecular flexibility index (Phi) is 7.99. The lowest BCUT2D eigenvalue weighted by Gasteiger charge is -2.37. The van der Waals surface area contributed by atoms with E-state index < -0.39 is 11.7 Å². The summed E-state index contributed by atoms with van der Waals surface area (Å²) in [5, 5.41) is 0. The highest BCUT2D eigenvalue weighted by atomic mass is 19.1. The first-order valence-electron chi connectivity index (χ1n) is 12.2. The van der Waals surface area contributed by atoms with Crippen LogP contribution in [0, 0.1) is 5.82 Å². The lowest BCUT2D eigenvalue weighted by atomic mass is 10.1. The quantitative estimate of drug-likeness (QED) is 0.539. The Morgan fingerprint density at radius 2 is 1.92 bits per heavy atom. The van der Waals surface area contributed by atoms with Crippen molar-refractivity contribution >= 4 is 34.5 Å². The molecule has 2 amide bonds. The number of rotatable bonds is 8. The third-order valence-corrected chi connectivity index (χ3v) is 6.36. The maximum absolute atomic E-state index is 13.9. The Balaban J connectivity index is 1.47. The van der Waals surface area contributed by atoms with Gasteiger partial charge in [-0.25, -0.2) is 14.4 Å². The van der Waals surface area contributed by atoms with Crippen LogP contribution in [-0.2, 0) is 9.53 Å². The van der Waals surface area contributed by atoms with Crippen molar-refractivity contribution in [2.45, 2.75) is 19.8 Å². The molecule has 3 N–H and O–H groups in total. The number of halogens is 1. The number of H-pyrrole nitrogens is 1. The van der Waals surface area contributed by atoms with E-state index >= 15 is 0 Å². The Labute approximate surface area is 209 Å². The second-order valence-corrected chi connectivity index (χ2v) is 8.74. The number of hydrogen-bond donors (Lipinski definition) is 2. The molecule has 11 heteroatoms. The van der Waals surface area contributed by atoms with Crippen molar-refractivity contribution in [3.63, 3.8) is 0 Å². The highest BCUT2D eigenvalue weighted by Gasteiger charge is 2.23. The lowest BCUT2D eigenvalue weighted by molar-refractivity contribution is -0.127. The summed E-state index contributed by atoms with van der Waals surface area (Å²) in [6, 6.07) is 2.42. The number of amides is 2. The number of anilines is 1. The molecule has 1 aromatic heterocycles. The number of nitrogens with two attached hydrogens (primary N) is 1. The zero-order valence-electron chi connectivity index (χ0n) is 20.5. The van der Waals surface area contributed by atoms with Crippen LogP contribution in [-0.4, -0.2) is 89.8 Å². The van der Waals surface area contributed by atoms with Gasteiger partial charge < -0.3 is 30.2 Å². The standard InChI is InChI=1S/C25H32FN7O3/c1-3-5-18(16-28-20(4-2)24(35)32-10-12-36-13-11-32)31-6-8-33(9-7-31)25-29-21-15-17(26)14-19(23(27)34)22(21)30-25/h4,14-16H,2-3,5-13H2,1H3,(H2,27,34)(H,29,30). The van der Waals surface area contributed by atoms with E-state index in [4.69, 9.17) is 10.5 Å². The van der Waals surface area contributed by atoms with Crippen LogP contribution < -0.4 is 10.6 Å². The number of allylic oxidation sites excluding steroid dienone is 1. The summed E-state index contributed by atoms with van der Waals surface area (Å²) < 4.78 is 19.2. The summed E-state index contributed by atoms with van der Waals surface area (Å²) in [6.07, 6.45) is 5.04. The molecule has 2 aromatic rings. The Bertz CT molecular complexity index is 1190. The smallest absolute Gasteiger partial charge is 0.272 e. The number of ether oxygens (including phenoxy) is 1. The molecule has 10 nitrogen and oxygen atoms in total. The molecule has 2 aliphatic rings. The van der Waals surface area contributed by atoms with Crippen LogP contribution in [0.2, 0.25) is 0 Å². The predicted octanol–water partition coefficient (Wildman–Crippen LogP) is 2.05. The van der Waals surface area contributed by atoms with E-state index in [1.807, 2.05) is 0 Å². The van der Waals surface area contributed by atoms with E-state index in [1.54, 1.807) is 11.1 Å². The number of aliphatic imine (C=N–C) groups is 1. The molecule has 36 heavy (non-hydrogen) atoms. The first-order chi connectivity index (χ1) is 17.4. The molecule has 0 bridgehead atoms. The summed E-state index contributed by atoms with van der Waals surface area (Å²) in [7, 11) is 0. The SMILES string of the molecule is C=CC(=NC=C(CCC)N1CCN(c2nc3c(C(N)=O)cc(F)cc3[nH]2)CC1)C(=O)N1CCOCC1. The molecular formula is C25H32FN7O3. The highest BCUT2D eigenvalue weighted by Crippen LogP contribution is 2.24. The summed E-state index contributed by atoms with van der Waals surface area (Å²) in [5.41, 5.74) is 7.63. The summed E-state index contributed by atoms with van der Waals surface area (Å²) in [6.45, 7) is 10.8. The minimum Gasteiger partial charge on any atom is -0.378 e. The van der Waals surface area contributed by atoms with Gasteiger partial charge in [-0.15, -0.1) is 0 Å². The number of nitrogens with one attached hydrogen (secondary N) is 1. The van der Waals surface area contributed by atoms with Crippen molar-refractivity contribution in [2.75, 3.05) is 57.4 Å². The Morgan fingerprint density at radius 3 is 2.56 bits per heavy atom. The van der Waals surface area contributed by atoms with Gasteiger partial charge in [0.05, 0.1) is 24.3 Å². The molecular weight excluding hydrogens is 465 g/mol. The fourth-order valence-electron chi connectivity index (χ4n) is 4.44. The minimum atomic E-state index is -0.719. The van der Waals surface area contributed by atoms with E-state index in [9.17, 15) is 14.0 Å². The molecule has 0 spiro atoms. The predicted molar refractivity (Wildman–Crippen MR) is 136 cm³/mol. The van der Waals surface area contributed by atoms with Crippen molar-refractivity contribution < 1.29 is 18.7 Å². The number of aromatic nitrogens is 2. The maximum Gasteiger partial charge on any atom is 0.272 e. The molecule has 0 radical (unpaired) electrons. The third kappa shape index (κ3) is 5.56. The topological polar surface area (TPSA) is 120 Å². The van der Waals surface area contributed by atoms with Crippen LogP contribution >= 0.6 is 0 Å². The number of fused-ring (bicyclic) bond motifs is 1. The molecule has 2 fully saturated rings. The third-order valence-electron chi connectivity index (χ3n) is 6.36. The normalized spacial score (nSPS) is 17.6. The molecule has 192 valence electrons. The van der Waals surface area contributed by atoms with Gasteiger partial charge in [-0.2, -0.15) is 0 Å². The number of piperazine rings is 1. The van der Waals surface area contributed by atoms with Gasteiger partial charge in [0.15, 0.2) is 0 Å². The zero-order chi connectivity index (χ0) is 25.7. The molecule has 1 aromatic carbocycles. The number of aromatic amines is 1. The van der Waals surface area contributed by atoms with Gasteiger partial charge in [0.2, 0.25) is 5.95 Å². The van der Waals surface area contributed by atoms with E-state index in [-0.39, 0.29) is 11.5 Å². The number of nitrogens with zero attached hydrogens (tertiary/aromatic N) is 5. The molecule has 4 rings (SSSR count). The first kappa shape index (κ1) is 25.4. The van der Waals surface area contributed by atoms with Crippen molar-refractivity contribution in [2.24, 2.45) is 10.7 Å². The summed E-state index contributed by atoms with van der Waals surface area (Å²) in [5.74, 6) is -0.829. The van der Waals surface area contributed by atoms with Crippen LogP contribution in [0.5, 0.6) is 0 Å². The number of imidazole rings is 1. The molecule has 3 heterocycles. The van der Waals surface area contributed by atoms with Gasteiger partial charge in [0.1, 0.15) is 17.0 Å². The highest BCUT2D eigenvalue weighted by molar-refractivity contribution is 6.43. The van der Waals surface area contributed by atoms with Crippen LogP contribution in [0.15, 0.2) is 41.7 Å². The lowest BCUT2D eigenvalue weighted by Crippen LogP contribution is -2.46. The number of carbonyl (C=O) groups is 2. The van der Waals surface area contributed by atoms with Crippen LogP contribution in [0.25, 0.3) is 11.0 Å².